The number of nitrogens with one attached hydrogen (secondary N) is 1. The number of esters is 1. The molecule has 3 N–H and O–H groups in total. The molecule has 0 bridgehead atoms. The summed E-state index contributed by atoms with van der Waals surface area (Å²) in [6.07, 6.45) is 43.6. The molecule has 51 heavy (non-hydrogen) atoms. The molecule has 0 heterocycles. The van der Waals surface area contributed by atoms with Gasteiger partial charge in [0.05, 0.1) is 25.2 Å². The molecule has 0 saturated heterocycles. The van der Waals surface area contributed by atoms with Crippen LogP contribution in [0, 0.1) is 0 Å². The van der Waals surface area contributed by atoms with Crippen molar-refractivity contribution < 1.29 is 24.5 Å². The van der Waals surface area contributed by atoms with Crippen LogP contribution < -0.4 is 5.32 Å². The average molecular weight is 718 g/mol. The van der Waals surface area contributed by atoms with E-state index in [4.69, 9.17) is 4.74 Å². The smallest absolute Gasteiger partial charge is 0.306 e. The molecule has 6 nitrogen and oxygen atoms in total. The summed E-state index contributed by atoms with van der Waals surface area (Å²) >= 11 is 0. The van der Waals surface area contributed by atoms with E-state index in [-0.39, 0.29) is 31.3 Å². The summed E-state index contributed by atoms with van der Waals surface area (Å²) in [5, 5.41) is 23.5. The monoisotopic (exact) mass is 718 g/mol. The number of aliphatic hydroxyl groups is 2. The first kappa shape index (κ1) is 49.1. The molecular formula is C45H83NO5. The Morgan fingerprint density at radius 2 is 1.04 bits per heavy atom. The zero-order valence-corrected chi connectivity index (χ0v) is 33.7. The molecule has 0 rings (SSSR count). The zero-order valence-electron chi connectivity index (χ0n) is 33.7. The van der Waals surface area contributed by atoms with Gasteiger partial charge in [-0.3, -0.25) is 9.59 Å². The van der Waals surface area contributed by atoms with Crippen LogP contribution in [-0.2, 0) is 14.3 Å². The van der Waals surface area contributed by atoms with Gasteiger partial charge in [0.25, 0.3) is 0 Å². The van der Waals surface area contributed by atoms with E-state index in [2.05, 4.69) is 56.5 Å². The maximum absolute atomic E-state index is 13.0. The minimum atomic E-state index is -0.795. The number of hydrogen-bond acceptors (Lipinski definition) is 5. The SMILES string of the molecule is CCC/C=C\CCCCCC(CC(=O)NC(CO)C(O)CCCCCCCCCCCCC)OC(=O)CC/C=C/C/C=C\CCCCCCCC. The van der Waals surface area contributed by atoms with Crippen LogP contribution >= 0.6 is 0 Å². The first-order valence-electron chi connectivity index (χ1n) is 21.7. The Morgan fingerprint density at radius 1 is 0.569 bits per heavy atom. The fraction of sp³-hybridized carbons (Fsp3) is 0.822. The molecule has 0 radical (unpaired) electrons. The number of ether oxygens (including phenoxy) is 1. The second kappa shape index (κ2) is 39.3. The van der Waals surface area contributed by atoms with Crippen LogP contribution in [0.15, 0.2) is 36.5 Å². The van der Waals surface area contributed by atoms with Gasteiger partial charge in [0.2, 0.25) is 5.91 Å². The third-order valence-electron chi connectivity index (χ3n) is 9.69. The molecule has 0 aliphatic rings. The van der Waals surface area contributed by atoms with E-state index < -0.39 is 18.2 Å². The number of rotatable bonds is 38. The number of carbonyl (C=O) groups is 2. The summed E-state index contributed by atoms with van der Waals surface area (Å²) in [5.41, 5.74) is 0. The number of unbranched alkanes of at least 4 members (excludes halogenated alkanes) is 20. The molecule has 3 unspecified atom stereocenters. The van der Waals surface area contributed by atoms with Crippen molar-refractivity contribution in [1.29, 1.82) is 0 Å². The van der Waals surface area contributed by atoms with Crippen molar-refractivity contribution in [2.24, 2.45) is 0 Å². The Labute approximate surface area is 315 Å². The molecule has 298 valence electrons. The normalized spacial score (nSPS) is 13.7. The summed E-state index contributed by atoms with van der Waals surface area (Å²) in [4.78, 5) is 25.8. The lowest BCUT2D eigenvalue weighted by atomic mass is 10.0. The number of amides is 1. The van der Waals surface area contributed by atoms with Crippen LogP contribution in [0.5, 0.6) is 0 Å². The molecule has 0 aromatic rings. The van der Waals surface area contributed by atoms with Gasteiger partial charge in [0.1, 0.15) is 6.10 Å². The van der Waals surface area contributed by atoms with Gasteiger partial charge < -0.3 is 20.3 Å². The number of carbonyl (C=O) groups excluding carboxylic acids is 2. The second-order valence-electron chi connectivity index (χ2n) is 14.7. The summed E-state index contributed by atoms with van der Waals surface area (Å²) in [5.74, 6) is -0.575. The van der Waals surface area contributed by atoms with E-state index in [1.54, 1.807) is 0 Å². The van der Waals surface area contributed by atoms with Gasteiger partial charge in [-0.25, -0.2) is 0 Å². The number of hydrogen-bond donors (Lipinski definition) is 3. The van der Waals surface area contributed by atoms with E-state index in [1.165, 1.54) is 89.9 Å². The Morgan fingerprint density at radius 3 is 1.61 bits per heavy atom. The van der Waals surface area contributed by atoms with Gasteiger partial charge in [0, 0.05) is 6.42 Å². The van der Waals surface area contributed by atoms with E-state index in [1.807, 2.05) is 6.08 Å². The highest BCUT2D eigenvalue weighted by molar-refractivity contribution is 5.77. The zero-order chi connectivity index (χ0) is 37.5. The van der Waals surface area contributed by atoms with Crippen molar-refractivity contribution in [3.8, 4) is 0 Å². The van der Waals surface area contributed by atoms with Crippen molar-refractivity contribution >= 4 is 11.9 Å². The van der Waals surface area contributed by atoms with E-state index in [0.717, 1.165) is 70.6 Å². The molecule has 0 spiro atoms. The highest BCUT2D eigenvalue weighted by Gasteiger charge is 2.23. The molecule has 0 fully saturated rings. The number of aliphatic hydroxyl groups excluding tert-OH is 2. The van der Waals surface area contributed by atoms with Crippen LogP contribution in [0.4, 0.5) is 0 Å². The van der Waals surface area contributed by atoms with Crippen LogP contribution in [-0.4, -0.2) is 46.9 Å². The lowest BCUT2D eigenvalue weighted by molar-refractivity contribution is -0.150. The van der Waals surface area contributed by atoms with Crippen LogP contribution in [0.1, 0.15) is 213 Å². The molecule has 6 heteroatoms. The summed E-state index contributed by atoms with van der Waals surface area (Å²) in [7, 11) is 0. The van der Waals surface area contributed by atoms with Gasteiger partial charge in [0.15, 0.2) is 0 Å². The predicted molar refractivity (Wildman–Crippen MR) is 218 cm³/mol. The van der Waals surface area contributed by atoms with Crippen LogP contribution in [0.25, 0.3) is 0 Å². The van der Waals surface area contributed by atoms with Gasteiger partial charge in [-0.2, -0.15) is 0 Å². The highest BCUT2D eigenvalue weighted by Crippen LogP contribution is 2.16. The summed E-state index contributed by atoms with van der Waals surface area (Å²) < 4.78 is 5.82. The average Bonchev–Trinajstić information content (AvgIpc) is 3.12. The maximum Gasteiger partial charge on any atom is 0.306 e. The first-order chi connectivity index (χ1) is 25.0. The fourth-order valence-corrected chi connectivity index (χ4v) is 6.37. The summed E-state index contributed by atoms with van der Waals surface area (Å²) in [6, 6.07) is -0.711. The van der Waals surface area contributed by atoms with Crippen LogP contribution in [0.2, 0.25) is 0 Å². The lowest BCUT2D eigenvalue weighted by Gasteiger charge is -2.24. The Kier molecular flexibility index (Phi) is 37.8. The first-order valence-corrected chi connectivity index (χ1v) is 21.7. The Balaban J connectivity index is 4.60. The molecule has 1 amide bonds. The molecule has 0 aliphatic heterocycles. The topological polar surface area (TPSA) is 95.9 Å². The van der Waals surface area contributed by atoms with E-state index >= 15 is 0 Å². The molecule has 0 aromatic heterocycles. The standard InChI is InChI=1S/C45H83NO5/c1-4-7-10-13-16-19-21-22-24-26-29-32-35-38-45(50)51-41(36-33-30-27-18-15-12-9-6-3)39-44(49)46-42(40-47)43(48)37-34-31-28-25-23-20-17-14-11-8-5-2/h12,15,22,24,29,32,41-43,47-48H,4-11,13-14,16-21,23,25-28,30-31,33-40H2,1-3H3,(H,46,49)/b15-12-,24-22-,32-29+. The van der Waals surface area contributed by atoms with Gasteiger partial charge in [-0.05, 0) is 64.2 Å². The van der Waals surface area contributed by atoms with Crippen molar-refractivity contribution in [1.82, 2.24) is 5.32 Å². The quantitative estimate of drug-likeness (QED) is 0.0336. The van der Waals surface area contributed by atoms with Crippen molar-refractivity contribution in [2.75, 3.05) is 6.61 Å². The maximum atomic E-state index is 13.0. The number of allylic oxidation sites excluding steroid dienone is 6. The molecule has 0 aliphatic carbocycles. The van der Waals surface area contributed by atoms with Crippen molar-refractivity contribution in [2.45, 2.75) is 232 Å². The van der Waals surface area contributed by atoms with E-state index in [0.29, 0.717) is 19.3 Å². The fourth-order valence-electron chi connectivity index (χ4n) is 6.37. The molecule has 3 atom stereocenters. The minimum Gasteiger partial charge on any atom is -0.462 e. The third kappa shape index (κ3) is 34.9. The van der Waals surface area contributed by atoms with Crippen LogP contribution in [0.3, 0.4) is 0 Å². The second-order valence-corrected chi connectivity index (χ2v) is 14.7. The van der Waals surface area contributed by atoms with E-state index in [9.17, 15) is 19.8 Å². The van der Waals surface area contributed by atoms with Gasteiger partial charge in [-0.15, -0.1) is 0 Å². The third-order valence-corrected chi connectivity index (χ3v) is 9.69. The summed E-state index contributed by atoms with van der Waals surface area (Å²) in [6.45, 7) is 6.36. The lowest BCUT2D eigenvalue weighted by Crippen LogP contribution is -2.46. The van der Waals surface area contributed by atoms with Gasteiger partial charge >= 0.3 is 5.97 Å². The Bertz CT molecular complexity index is 854. The van der Waals surface area contributed by atoms with Crippen molar-refractivity contribution in [3.63, 3.8) is 0 Å². The molecular weight excluding hydrogens is 634 g/mol. The van der Waals surface area contributed by atoms with Crippen molar-refractivity contribution in [3.05, 3.63) is 36.5 Å². The Hall–Kier alpha value is -1.92. The minimum absolute atomic E-state index is 0.0447. The highest BCUT2D eigenvalue weighted by atomic mass is 16.5. The molecule has 0 aromatic carbocycles. The largest absolute Gasteiger partial charge is 0.462 e. The van der Waals surface area contributed by atoms with Gasteiger partial charge in [-0.1, -0.05) is 173 Å². The molecule has 0 saturated carbocycles. The predicted octanol–water partition coefficient (Wildman–Crippen LogP) is 12.2.